The minimum Gasteiger partial charge on any atom is -0.457 e. The summed E-state index contributed by atoms with van der Waals surface area (Å²) in [6.45, 7) is 0. The zero-order valence-corrected chi connectivity index (χ0v) is 16.9. The highest BCUT2D eigenvalue weighted by Gasteiger charge is 2.50. The predicted octanol–water partition coefficient (Wildman–Crippen LogP) is 5.84. The van der Waals surface area contributed by atoms with E-state index in [-0.39, 0.29) is 0 Å². The summed E-state index contributed by atoms with van der Waals surface area (Å²) < 4.78 is 13.6. The van der Waals surface area contributed by atoms with E-state index in [1.807, 2.05) is 48.5 Å². The minimum absolute atomic E-state index is 0.564. The first-order valence-corrected chi connectivity index (χ1v) is 10.2. The Kier molecular flexibility index (Phi) is 3.51. The highest BCUT2D eigenvalue weighted by Crippen LogP contribution is 2.61. The Balaban J connectivity index is 1.85. The van der Waals surface area contributed by atoms with Crippen molar-refractivity contribution < 1.29 is 9.47 Å². The van der Waals surface area contributed by atoms with Gasteiger partial charge in [0, 0.05) is 26.7 Å². The Labute approximate surface area is 178 Å². The fourth-order valence-electron chi connectivity index (χ4n) is 4.66. The van der Waals surface area contributed by atoms with E-state index in [0.29, 0.717) is 5.46 Å². The molecule has 4 aromatic carbocycles. The lowest BCUT2D eigenvalue weighted by Gasteiger charge is -2.44. The summed E-state index contributed by atoms with van der Waals surface area (Å²) in [6.07, 6.45) is 0. The van der Waals surface area contributed by atoms with Gasteiger partial charge >= 0.3 is 0 Å². The molecule has 6 rings (SSSR count). The smallest absolute Gasteiger partial charge is 0.132 e. The molecule has 2 heterocycles. The van der Waals surface area contributed by atoms with E-state index in [2.05, 4.69) is 52.3 Å². The Hall–Kier alpha value is -2.98. The molecule has 1 spiro atoms. The van der Waals surface area contributed by atoms with Crippen LogP contribution >= 0.6 is 15.9 Å². The third kappa shape index (κ3) is 2.24. The van der Waals surface area contributed by atoms with Crippen molar-refractivity contribution in [3.05, 3.63) is 112 Å². The normalized spacial score (nSPS) is 14.7. The van der Waals surface area contributed by atoms with Gasteiger partial charge in [0.2, 0.25) is 0 Å². The van der Waals surface area contributed by atoms with Crippen LogP contribution in [0.1, 0.15) is 22.3 Å². The van der Waals surface area contributed by atoms with Crippen LogP contribution in [0.15, 0.2) is 89.4 Å². The second-order valence-corrected chi connectivity index (χ2v) is 8.26. The van der Waals surface area contributed by atoms with Gasteiger partial charge in [-0.05, 0) is 36.4 Å². The summed E-state index contributed by atoms with van der Waals surface area (Å²) in [7, 11) is 6.12. The van der Waals surface area contributed by atoms with E-state index in [4.69, 9.17) is 17.3 Å². The third-order valence-corrected chi connectivity index (χ3v) is 6.27. The molecule has 2 aliphatic heterocycles. The van der Waals surface area contributed by atoms with E-state index < -0.39 is 5.41 Å². The molecule has 4 heteroatoms. The fourth-order valence-corrected chi connectivity index (χ4v) is 5.02. The van der Waals surface area contributed by atoms with Crippen LogP contribution < -0.4 is 14.9 Å². The monoisotopic (exact) mass is 436 g/mol. The molecule has 2 nitrogen and oxygen atoms in total. The van der Waals surface area contributed by atoms with Crippen LogP contribution in [0.2, 0.25) is 0 Å². The summed E-state index contributed by atoms with van der Waals surface area (Å²) in [5, 5.41) is 0. The topological polar surface area (TPSA) is 18.5 Å². The lowest BCUT2D eigenvalue weighted by atomic mass is 9.62. The SMILES string of the molecule is [B]c1ccc2c(c1)Oc1ccc(Br)cc1C21c2ccccc2Oc2ccccc21. The number of hydrogen-bond donors (Lipinski definition) is 0. The number of ether oxygens (including phenoxy) is 2. The highest BCUT2D eigenvalue weighted by molar-refractivity contribution is 9.10. The number of benzene rings is 4. The molecule has 0 amide bonds. The van der Waals surface area contributed by atoms with Crippen molar-refractivity contribution in [1.82, 2.24) is 0 Å². The Morgan fingerprint density at radius 2 is 1.17 bits per heavy atom. The summed E-state index contributed by atoms with van der Waals surface area (Å²) in [5.41, 5.74) is 4.42. The molecule has 0 saturated heterocycles. The van der Waals surface area contributed by atoms with Gasteiger partial charge in [-0.3, -0.25) is 0 Å². The van der Waals surface area contributed by atoms with Crippen LogP contribution in [0, 0.1) is 0 Å². The first-order valence-electron chi connectivity index (χ1n) is 9.42. The third-order valence-electron chi connectivity index (χ3n) is 5.78. The van der Waals surface area contributed by atoms with Gasteiger partial charge in [0.15, 0.2) is 0 Å². The molecular weight excluding hydrogens is 423 g/mol. The molecule has 4 aromatic rings. The van der Waals surface area contributed by atoms with Crippen molar-refractivity contribution in [2.75, 3.05) is 0 Å². The zero-order valence-electron chi connectivity index (χ0n) is 15.4. The fraction of sp³-hybridized carbons (Fsp3) is 0.0400. The van der Waals surface area contributed by atoms with E-state index in [1.165, 1.54) is 0 Å². The van der Waals surface area contributed by atoms with Gasteiger partial charge < -0.3 is 9.47 Å². The van der Waals surface area contributed by atoms with Crippen LogP contribution in [0.4, 0.5) is 0 Å². The summed E-state index contributed by atoms with van der Waals surface area (Å²) >= 11 is 3.67. The minimum atomic E-state index is -0.564. The van der Waals surface area contributed by atoms with E-state index >= 15 is 0 Å². The first kappa shape index (κ1) is 16.9. The van der Waals surface area contributed by atoms with Gasteiger partial charge in [-0.15, -0.1) is 0 Å². The number of hydrogen-bond acceptors (Lipinski definition) is 2. The molecule has 0 unspecified atom stereocenters. The molecule has 0 bridgehead atoms. The van der Waals surface area contributed by atoms with Gasteiger partial charge in [-0.25, -0.2) is 0 Å². The van der Waals surface area contributed by atoms with Crippen molar-refractivity contribution >= 4 is 29.2 Å². The Morgan fingerprint density at radius 1 is 0.586 bits per heavy atom. The van der Waals surface area contributed by atoms with Gasteiger partial charge in [-0.1, -0.05) is 69.9 Å². The summed E-state index contributed by atoms with van der Waals surface area (Å²) in [6, 6.07) is 28.5. The Bertz CT molecular complexity index is 1250. The largest absolute Gasteiger partial charge is 0.457 e. The number of para-hydroxylation sites is 2. The molecule has 0 aliphatic carbocycles. The van der Waals surface area contributed by atoms with Crippen molar-refractivity contribution in [1.29, 1.82) is 0 Å². The van der Waals surface area contributed by atoms with Gasteiger partial charge in [-0.2, -0.15) is 0 Å². The molecule has 0 atom stereocenters. The first-order chi connectivity index (χ1) is 14.2. The quantitative estimate of drug-likeness (QED) is 0.278. The van der Waals surface area contributed by atoms with Crippen LogP contribution in [0.3, 0.4) is 0 Å². The predicted molar refractivity (Wildman–Crippen MR) is 118 cm³/mol. The standard InChI is InChI=1S/C25H14BBrO2/c26-15-9-11-19-24(13-15)29-23-12-10-16(27)14-20(23)25(19)17-5-1-3-7-21(17)28-22-8-4-2-6-18(22)25/h1-14H. The molecular formula is C25H14BBrO2. The average molecular weight is 437 g/mol. The maximum absolute atomic E-state index is 6.33. The molecule has 136 valence electrons. The van der Waals surface area contributed by atoms with Crippen LogP contribution in [-0.2, 0) is 5.41 Å². The van der Waals surface area contributed by atoms with Crippen molar-refractivity contribution in [3.63, 3.8) is 0 Å². The van der Waals surface area contributed by atoms with Crippen LogP contribution in [0.5, 0.6) is 23.0 Å². The highest BCUT2D eigenvalue weighted by atomic mass is 79.9. The summed E-state index contributed by atoms with van der Waals surface area (Å²) in [4.78, 5) is 0. The average Bonchev–Trinajstić information content (AvgIpc) is 2.74. The van der Waals surface area contributed by atoms with Crippen molar-refractivity contribution in [3.8, 4) is 23.0 Å². The molecule has 0 aromatic heterocycles. The van der Waals surface area contributed by atoms with Gasteiger partial charge in [0.25, 0.3) is 0 Å². The van der Waals surface area contributed by atoms with E-state index in [1.54, 1.807) is 0 Å². The molecule has 0 N–H and O–H groups in total. The van der Waals surface area contributed by atoms with E-state index in [9.17, 15) is 0 Å². The molecule has 2 aliphatic rings. The number of rotatable bonds is 0. The lowest BCUT2D eigenvalue weighted by molar-refractivity contribution is 0.399. The number of fused-ring (bicyclic) bond motifs is 8. The van der Waals surface area contributed by atoms with Crippen LogP contribution in [-0.4, -0.2) is 7.85 Å². The van der Waals surface area contributed by atoms with Crippen LogP contribution in [0.25, 0.3) is 0 Å². The Morgan fingerprint density at radius 3 is 1.90 bits per heavy atom. The molecule has 0 saturated carbocycles. The molecule has 2 radical (unpaired) electrons. The van der Waals surface area contributed by atoms with Crippen molar-refractivity contribution in [2.45, 2.75) is 5.41 Å². The summed E-state index contributed by atoms with van der Waals surface area (Å²) in [5.74, 6) is 3.28. The molecule has 29 heavy (non-hydrogen) atoms. The second kappa shape index (κ2) is 6.01. The number of halogens is 1. The maximum Gasteiger partial charge on any atom is 0.132 e. The van der Waals surface area contributed by atoms with Crippen molar-refractivity contribution in [2.24, 2.45) is 0 Å². The second-order valence-electron chi connectivity index (χ2n) is 7.34. The lowest BCUT2D eigenvalue weighted by Crippen LogP contribution is -2.37. The maximum atomic E-state index is 6.33. The van der Waals surface area contributed by atoms with E-state index in [0.717, 1.165) is 49.7 Å². The van der Waals surface area contributed by atoms with Gasteiger partial charge in [0.05, 0.1) is 5.41 Å². The molecule has 0 fully saturated rings. The zero-order chi connectivity index (χ0) is 19.6. The van der Waals surface area contributed by atoms with Gasteiger partial charge in [0.1, 0.15) is 30.8 Å².